The van der Waals surface area contributed by atoms with Gasteiger partial charge in [0.1, 0.15) is 16.7 Å². The van der Waals surface area contributed by atoms with Crippen molar-refractivity contribution in [2.75, 3.05) is 20.0 Å². The first-order chi connectivity index (χ1) is 11.1. The first-order valence-electron chi connectivity index (χ1n) is 6.49. The van der Waals surface area contributed by atoms with Crippen molar-refractivity contribution in [3.05, 3.63) is 42.2 Å². The Morgan fingerprint density at radius 1 is 1.43 bits per heavy atom. The number of hydrogen-bond donors (Lipinski definition) is 1. The molecule has 1 unspecified atom stereocenters. The third kappa shape index (κ3) is 4.73. The number of methoxy groups -OCH3 is 1. The average Bonchev–Trinajstić information content (AvgIpc) is 3.01. The summed E-state index contributed by atoms with van der Waals surface area (Å²) in [5, 5.41) is 3.45. The van der Waals surface area contributed by atoms with E-state index in [0.717, 1.165) is 0 Å². The summed E-state index contributed by atoms with van der Waals surface area (Å²) >= 11 is 0. The minimum atomic E-state index is -1.50. The van der Waals surface area contributed by atoms with Crippen LogP contribution in [0.2, 0.25) is 0 Å². The lowest BCUT2D eigenvalue weighted by Gasteiger charge is -2.11. The van der Waals surface area contributed by atoms with E-state index in [1.165, 1.54) is 19.7 Å². The van der Waals surface area contributed by atoms with Gasteiger partial charge in [0.15, 0.2) is 6.33 Å². The van der Waals surface area contributed by atoms with Crippen molar-refractivity contribution in [3.8, 4) is 11.8 Å². The molecule has 0 aliphatic rings. The minimum Gasteiger partial charge on any atom is -0.409 e. The zero-order valence-corrected chi connectivity index (χ0v) is 13.3. The van der Waals surface area contributed by atoms with Gasteiger partial charge in [-0.2, -0.15) is 4.98 Å². The molecule has 8 nitrogen and oxygen atoms in total. The van der Waals surface area contributed by atoms with Crippen molar-refractivity contribution in [3.63, 3.8) is 0 Å². The van der Waals surface area contributed by atoms with Crippen LogP contribution in [0.1, 0.15) is 5.56 Å². The van der Waals surface area contributed by atoms with E-state index in [-0.39, 0.29) is 18.3 Å². The van der Waals surface area contributed by atoms with Crippen LogP contribution in [0, 0.1) is 0 Å². The molecule has 9 heteroatoms. The third-order valence-corrected chi connectivity index (χ3v) is 3.12. The van der Waals surface area contributed by atoms with Crippen LogP contribution in [0.15, 0.2) is 41.2 Å². The monoisotopic (exact) mass is 337 g/mol. The summed E-state index contributed by atoms with van der Waals surface area (Å²) in [4.78, 5) is 16.1. The van der Waals surface area contributed by atoms with E-state index in [2.05, 4.69) is 14.9 Å². The van der Waals surface area contributed by atoms with Crippen molar-refractivity contribution in [2.45, 2.75) is 0 Å². The van der Waals surface area contributed by atoms with E-state index in [0.29, 0.717) is 11.3 Å². The van der Waals surface area contributed by atoms with Crippen LogP contribution < -0.4 is 9.46 Å². The maximum absolute atomic E-state index is 12.3. The van der Waals surface area contributed by atoms with Gasteiger partial charge in [0.05, 0.1) is 6.61 Å². The summed E-state index contributed by atoms with van der Waals surface area (Å²) in [7, 11) is 0.00827. The fourth-order valence-electron chi connectivity index (χ4n) is 1.76. The number of para-hydroxylation sites is 1. The highest BCUT2D eigenvalue weighted by Crippen LogP contribution is 2.29. The standard InChI is InChI=1S/C14H15N3O5S/c1-20-8-7-11(13(18)17-23(2)19)10-5-3-4-6-12(10)21-14-15-9-16-22-14/h3-7,9H,8H2,1-2H3,(H,17,18)/b11-7+. The summed E-state index contributed by atoms with van der Waals surface area (Å²) in [6, 6.07) is 6.81. The zero-order valence-electron chi connectivity index (χ0n) is 12.5. The molecule has 2 rings (SSSR count). The summed E-state index contributed by atoms with van der Waals surface area (Å²) in [5.41, 5.74) is 0.739. The van der Waals surface area contributed by atoms with Gasteiger partial charge < -0.3 is 9.47 Å². The Kier molecular flexibility index (Phi) is 6.01. The van der Waals surface area contributed by atoms with Crippen molar-refractivity contribution < 1.29 is 23.0 Å². The van der Waals surface area contributed by atoms with Crippen LogP contribution >= 0.6 is 0 Å². The SMILES string of the molecule is COC/C=C(/C(=O)NS(C)=O)c1ccccc1Oc1ncno1. The maximum Gasteiger partial charge on any atom is 0.422 e. The van der Waals surface area contributed by atoms with E-state index in [4.69, 9.17) is 14.0 Å². The molecule has 0 saturated heterocycles. The smallest absolute Gasteiger partial charge is 0.409 e. The molecule has 0 radical (unpaired) electrons. The predicted octanol–water partition coefficient (Wildman–Crippen LogP) is 1.30. The van der Waals surface area contributed by atoms with Gasteiger partial charge in [-0.15, -0.1) is 0 Å². The number of nitrogens with zero attached hydrogens (tertiary/aromatic N) is 2. The molecular formula is C14H15N3O5S. The second-order valence-corrected chi connectivity index (χ2v) is 5.38. The van der Waals surface area contributed by atoms with E-state index in [1.807, 2.05) is 0 Å². The highest BCUT2D eigenvalue weighted by Gasteiger charge is 2.18. The number of rotatable bonds is 7. The Hall–Kier alpha value is -2.52. The molecule has 1 atom stereocenters. The van der Waals surface area contributed by atoms with Crippen LogP contribution in [-0.4, -0.2) is 40.2 Å². The highest BCUT2D eigenvalue weighted by atomic mass is 32.2. The van der Waals surface area contributed by atoms with Gasteiger partial charge in [-0.3, -0.25) is 14.0 Å². The lowest BCUT2D eigenvalue weighted by Crippen LogP contribution is -2.26. The third-order valence-electron chi connectivity index (χ3n) is 2.65. The Morgan fingerprint density at radius 2 is 2.22 bits per heavy atom. The molecular weight excluding hydrogens is 322 g/mol. The number of amides is 1. The van der Waals surface area contributed by atoms with E-state index >= 15 is 0 Å². The summed E-state index contributed by atoms with van der Waals surface area (Å²) in [6.45, 7) is 0.202. The molecule has 0 fully saturated rings. The van der Waals surface area contributed by atoms with Crippen molar-refractivity contribution in [1.29, 1.82) is 0 Å². The lowest BCUT2D eigenvalue weighted by atomic mass is 10.0. The number of nitrogens with one attached hydrogen (secondary N) is 1. The molecule has 2 aromatic rings. The molecule has 122 valence electrons. The van der Waals surface area contributed by atoms with Gasteiger partial charge in [0, 0.05) is 24.5 Å². The molecule has 0 saturated carbocycles. The molecule has 1 heterocycles. The van der Waals surface area contributed by atoms with Crippen LogP contribution in [0.4, 0.5) is 0 Å². The van der Waals surface area contributed by atoms with Gasteiger partial charge in [-0.25, -0.2) is 4.21 Å². The normalized spacial score (nSPS) is 12.7. The van der Waals surface area contributed by atoms with Gasteiger partial charge in [-0.05, 0) is 12.1 Å². The molecule has 1 N–H and O–H groups in total. The quantitative estimate of drug-likeness (QED) is 0.759. The Balaban J connectivity index is 2.38. The fraction of sp³-hybridized carbons (Fsp3) is 0.214. The van der Waals surface area contributed by atoms with Crippen LogP contribution in [0.25, 0.3) is 5.57 Å². The highest BCUT2D eigenvalue weighted by molar-refractivity contribution is 7.82. The molecule has 0 aliphatic heterocycles. The molecule has 1 amide bonds. The molecule has 0 spiro atoms. The second kappa shape index (κ2) is 8.20. The number of hydrogen-bond acceptors (Lipinski definition) is 7. The average molecular weight is 337 g/mol. The second-order valence-electron chi connectivity index (χ2n) is 4.26. The van der Waals surface area contributed by atoms with Crippen LogP contribution in [-0.2, 0) is 20.5 Å². The van der Waals surface area contributed by atoms with Gasteiger partial charge in [0.25, 0.3) is 5.91 Å². The molecule has 0 aliphatic carbocycles. The van der Waals surface area contributed by atoms with Crippen LogP contribution in [0.5, 0.6) is 11.8 Å². The molecule has 23 heavy (non-hydrogen) atoms. The van der Waals surface area contributed by atoms with E-state index < -0.39 is 16.9 Å². The van der Waals surface area contributed by atoms with Crippen molar-refractivity contribution in [1.82, 2.24) is 14.9 Å². The van der Waals surface area contributed by atoms with Crippen molar-refractivity contribution in [2.24, 2.45) is 0 Å². The summed E-state index contributed by atoms with van der Waals surface area (Å²) < 4.78 is 28.9. The number of ether oxygens (including phenoxy) is 2. The van der Waals surface area contributed by atoms with Crippen molar-refractivity contribution >= 4 is 22.5 Å². The molecule has 0 bridgehead atoms. The summed E-state index contributed by atoms with van der Waals surface area (Å²) in [5.74, 6) is -0.166. The Labute approximate surface area is 135 Å². The number of benzene rings is 1. The van der Waals surface area contributed by atoms with E-state index in [9.17, 15) is 9.00 Å². The lowest BCUT2D eigenvalue weighted by molar-refractivity contribution is -0.113. The Bertz CT molecular complexity index is 715. The summed E-state index contributed by atoms with van der Waals surface area (Å²) in [6.07, 6.45) is 4.08. The predicted molar refractivity (Wildman–Crippen MR) is 82.9 cm³/mol. The Morgan fingerprint density at radius 3 is 2.87 bits per heavy atom. The van der Waals surface area contributed by atoms with Gasteiger partial charge in [-0.1, -0.05) is 23.4 Å². The van der Waals surface area contributed by atoms with Crippen LogP contribution in [0.3, 0.4) is 0 Å². The first kappa shape index (κ1) is 16.8. The number of carbonyl (C=O) groups is 1. The number of carbonyl (C=O) groups excluding carboxylic acids is 1. The van der Waals surface area contributed by atoms with Gasteiger partial charge >= 0.3 is 6.08 Å². The molecule has 1 aromatic heterocycles. The van der Waals surface area contributed by atoms with Gasteiger partial charge in [0.2, 0.25) is 0 Å². The first-order valence-corrected chi connectivity index (χ1v) is 8.05. The van der Waals surface area contributed by atoms with E-state index in [1.54, 1.807) is 30.3 Å². The minimum absolute atomic E-state index is 0.0528. The maximum atomic E-state index is 12.3. The number of aromatic nitrogens is 2. The largest absolute Gasteiger partial charge is 0.422 e. The topological polar surface area (TPSA) is 104 Å². The molecule has 1 aromatic carbocycles. The zero-order chi connectivity index (χ0) is 16.7. The fourth-order valence-corrected chi connectivity index (χ4v) is 2.13.